The first-order valence-corrected chi connectivity index (χ1v) is 3.78. The Bertz CT molecular complexity index is 186. The van der Waals surface area contributed by atoms with E-state index in [1.54, 1.807) is 5.57 Å². The molecule has 0 N–H and O–H groups in total. The van der Waals surface area contributed by atoms with Crippen LogP contribution in [0.2, 0.25) is 0 Å². The zero-order valence-corrected chi connectivity index (χ0v) is 6.49. The van der Waals surface area contributed by atoms with Crippen molar-refractivity contribution in [3.63, 3.8) is 0 Å². The van der Waals surface area contributed by atoms with Crippen molar-refractivity contribution in [1.29, 1.82) is 0 Å². The molecule has 50 valence electrons. The van der Waals surface area contributed by atoms with E-state index in [0.29, 0.717) is 10.8 Å². The summed E-state index contributed by atoms with van der Waals surface area (Å²) < 4.78 is 0. The molecule has 1 saturated carbocycles. The van der Waals surface area contributed by atoms with Crippen LogP contribution in [0, 0.1) is 10.8 Å². The van der Waals surface area contributed by atoms with Crippen LogP contribution in [0.1, 0.15) is 33.6 Å². The van der Waals surface area contributed by atoms with Crippen molar-refractivity contribution in [2.75, 3.05) is 0 Å². The SMILES string of the molecule is CC1(C)C=C2CCC21C. The Labute approximate surface area is 57.0 Å². The second-order valence-electron chi connectivity index (χ2n) is 4.22. The molecule has 2 rings (SSSR count). The highest BCUT2D eigenvalue weighted by Gasteiger charge is 2.54. The van der Waals surface area contributed by atoms with Crippen LogP contribution in [0.4, 0.5) is 0 Å². The zero-order chi connectivity index (χ0) is 6.70. The van der Waals surface area contributed by atoms with E-state index in [1.807, 2.05) is 0 Å². The van der Waals surface area contributed by atoms with Crippen LogP contribution < -0.4 is 0 Å². The van der Waals surface area contributed by atoms with Gasteiger partial charge in [-0.15, -0.1) is 0 Å². The Morgan fingerprint density at radius 2 is 2.00 bits per heavy atom. The van der Waals surface area contributed by atoms with Crippen molar-refractivity contribution in [3.05, 3.63) is 11.6 Å². The minimum Gasteiger partial charge on any atom is -0.0782 e. The molecule has 0 saturated heterocycles. The van der Waals surface area contributed by atoms with Gasteiger partial charge in [-0.05, 0) is 23.7 Å². The summed E-state index contributed by atoms with van der Waals surface area (Å²) in [6, 6.07) is 0. The number of hydrogen-bond donors (Lipinski definition) is 0. The Hall–Kier alpha value is -0.260. The highest BCUT2D eigenvalue weighted by molar-refractivity contribution is 5.39. The van der Waals surface area contributed by atoms with Crippen molar-refractivity contribution in [1.82, 2.24) is 0 Å². The minimum absolute atomic E-state index is 0.514. The molecule has 9 heavy (non-hydrogen) atoms. The van der Waals surface area contributed by atoms with Gasteiger partial charge in [-0.2, -0.15) is 0 Å². The van der Waals surface area contributed by atoms with E-state index >= 15 is 0 Å². The van der Waals surface area contributed by atoms with Crippen LogP contribution in [-0.4, -0.2) is 0 Å². The van der Waals surface area contributed by atoms with E-state index < -0.39 is 0 Å². The lowest BCUT2D eigenvalue weighted by molar-refractivity contribution is 0.0660. The van der Waals surface area contributed by atoms with Crippen molar-refractivity contribution < 1.29 is 0 Å². The molecule has 2 aliphatic rings. The lowest BCUT2D eigenvalue weighted by Crippen LogP contribution is -2.50. The summed E-state index contributed by atoms with van der Waals surface area (Å²) in [6.45, 7) is 7.08. The molecule has 0 nitrogen and oxygen atoms in total. The number of hydrogen-bond acceptors (Lipinski definition) is 0. The second kappa shape index (κ2) is 1.12. The van der Waals surface area contributed by atoms with Gasteiger partial charge in [-0.1, -0.05) is 32.4 Å². The summed E-state index contributed by atoms with van der Waals surface area (Å²) >= 11 is 0. The molecular weight excluding hydrogens is 108 g/mol. The first-order valence-electron chi connectivity index (χ1n) is 3.78. The van der Waals surface area contributed by atoms with E-state index in [1.165, 1.54) is 12.8 Å². The van der Waals surface area contributed by atoms with Gasteiger partial charge in [0.2, 0.25) is 0 Å². The third kappa shape index (κ3) is 0.385. The van der Waals surface area contributed by atoms with Crippen LogP contribution in [0.5, 0.6) is 0 Å². The van der Waals surface area contributed by atoms with E-state index in [9.17, 15) is 0 Å². The van der Waals surface area contributed by atoms with Gasteiger partial charge >= 0.3 is 0 Å². The van der Waals surface area contributed by atoms with Crippen LogP contribution >= 0.6 is 0 Å². The van der Waals surface area contributed by atoms with Crippen molar-refractivity contribution in [3.8, 4) is 0 Å². The number of rotatable bonds is 0. The molecule has 0 amide bonds. The molecule has 2 aliphatic carbocycles. The first-order chi connectivity index (χ1) is 4.06. The predicted octanol–water partition coefficient (Wildman–Crippen LogP) is 2.75. The highest BCUT2D eigenvalue weighted by Crippen LogP contribution is 2.65. The summed E-state index contributed by atoms with van der Waals surface area (Å²) in [5, 5.41) is 0. The van der Waals surface area contributed by atoms with Gasteiger partial charge in [0.15, 0.2) is 0 Å². The molecular formula is C9H14. The molecule has 0 spiro atoms. The Balaban J connectivity index is 2.39. The van der Waals surface area contributed by atoms with Crippen LogP contribution in [0.3, 0.4) is 0 Å². The van der Waals surface area contributed by atoms with E-state index in [0.717, 1.165) is 0 Å². The maximum Gasteiger partial charge on any atom is -0.00274 e. The maximum absolute atomic E-state index is 2.44. The average molecular weight is 122 g/mol. The zero-order valence-electron chi connectivity index (χ0n) is 6.49. The molecule has 0 heterocycles. The molecule has 0 heteroatoms. The molecule has 0 aromatic rings. The third-order valence-corrected chi connectivity index (χ3v) is 3.56. The Morgan fingerprint density at radius 3 is 2.00 bits per heavy atom. The maximum atomic E-state index is 2.44. The summed E-state index contributed by atoms with van der Waals surface area (Å²) in [5.41, 5.74) is 2.85. The van der Waals surface area contributed by atoms with Gasteiger partial charge in [0.05, 0.1) is 0 Å². The Kier molecular flexibility index (Phi) is 0.685. The third-order valence-electron chi connectivity index (χ3n) is 3.56. The average Bonchev–Trinajstić information content (AvgIpc) is 1.79. The quantitative estimate of drug-likeness (QED) is 0.433. The van der Waals surface area contributed by atoms with Gasteiger partial charge in [-0.25, -0.2) is 0 Å². The van der Waals surface area contributed by atoms with Crippen LogP contribution in [0.15, 0.2) is 11.6 Å². The van der Waals surface area contributed by atoms with Gasteiger partial charge < -0.3 is 0 Å². The van der Waals surface area contributed by atoms with Gasteiger partial charge in [-0.3, -0.25) is 0 Å². The molecule has 1 fully saturated rings. The fourth-order valence-corrected chi connectivity index (χ4v) is 2.13. The number of allylic oxidation sites excluding steroid dienone is 2. The monoisotopic (exact) mass is 122 g/mol. The number of fused-ring (bicyclic) bond motifs is 1. The lowest BCUT2D eigenvalue weighted by Gasteiger charge is -2.60. The summed E-state index contributed by atoms with van der Waals surface area (Å²) in [7, 11) is 0. The fourth-order valence-electron chi connectivity index (χ4n) is 2.13. The first kappa shape index (κ1) is 5.52. The van der Waals surface area contributed by atoms with Gasteiger partial charge in [0, 0.05) is 0 Å². The Morgan fingerprint density at radius 1 is 1.33 bits per heavy atom. The summed E-state index contributed by atoms with van der Waals surface area (Å²) in [6.07, 6.45) is 5.24. The molecule has 0 bridgehead atoms. The largest absolute Gasteiger partial charge is 0.0782 e. The predicted molar refractivity (Wildman–Crippen MR) is 39.2 cm³/mol. The van der Waals surface area contributed by atoms with E-state index in [-0.39, 0.29) is 0 Å². The fraction of sp³-hybridized carbons (Fsp3) is 0.778. The smallest absolute Gasteiger partial charge is 0.00274 e. The molecule has 0 radical (unpaired) electrons. The molecule has 1 unspecified atom stereocenters. The van der Waals surface area contributed by atoms with Gasteiger partial charge in [0.25, 0.3) is 0 Å². The molecule has 1 atom stereocenters. The lowest BCUT2D eigenvalue weighted by atomic mass is 9.44. The second-order valence-corrected chi connectivity index (χ2v) is 4.22. The molecule has 0 aromatic heterocycles. The van der Waals surface area contributed by atoms with Gasteiger partial charge in [0.1, 0.15) is 0 Å². The normalized spacial score (nSPS) is 44.1. The molecule has 0 aliphatic heterocycles. The van der Waals surface area contributed by atoms with E-state index in [4.69, 9.17) is 0 Å². The highest BCUT2D eigenvalue weighted by atomic mass is 14.6. The summed E-state index contributed by atoms with van der Waals surface area (Å²) in [4.78, 5) is 0. The van der Waals surface area contributed by atoms with Crippen molar-refractivity contribution in [2.45, 2.75) is 33.6 Å². The summed E-state index contributed by atoms with van der Waals surface area (Å²) in [5.74, 6) is 0. The van der Waals surface area contributed by atoms with E-state index in [2.05, 4.69) is 26.8 Å². The van der Waals surface area contributed by atoms with Crippen LogP contribution in [0.25, 0.3) is 0 Å². The standard InChI is InChI=1S/C9H14/c1-8(2)6-7-4-5-9(7,8)3/h6H,4-5H2,1-3H3. The van der Waals surface area contributed by atoms with Crippen molar-refractivity contribution >= 4 is 0 Å². The van der Waals surface area contributed by atoms with Crippen LogP contribution in [-0.2, 0) is 0 Å². The topological polar surface area (TPSA) is 0 Å². The van der Waals surface area contributed by atoms with Crippen molar-refractivity contribution in [2.24, 2.45) is 10.8 Å². The molecule has 0 aromatic carbocycles. The minimum atomic E-state index is 0.514.